The number of amides is 2. The fraction of sp³-hybridized carbons (Fsp3) is 0.500. The van der Waals surface area contributed by atoms with Crippen LogP contribution in [0.2, 0.25) is 0 Å². The van der Waals surface area contributed by atoms with E-state index in [-0.39, 0.29) is 23.7 Å². The molecule has 2 amide bonds. The number of hydrogen-bond donors (Lipinski definition) is 0. The predicted octanol–water partition coefficient (Wildman–Crippen LogP) is 1.32. The van der Waals surface area contributed by atoms with E-state index in [9.17, 15) is 9.59 Å². The summed E-state index contributed by atoms with van der Waals surface area (Å²) in [7, 11) is 1.64. The average Bonchev–Trinajstić information content (AvgIpc) is 3.21. The number of thiophene rings is 1. The van der Waals surface area contributed by atoms with Crippen molar-refractivity contribution in [1.29, 1.82) is 0 Å². The molecule has 6 heteroatoms. The molecular weight excluding hydrogens is 300 g/mol. The van der Waals surface area contributed by atoms with Gasteiger partial charge in [0.25, 0.3) is 0 Å². The summed E-state index contributed by atoms with van der Waals surface area (Å²) >= 11 is 1.60. The van der Waals surface area contributed by atoms with Crippen molar-refractivity contribution in [1.82, 2.24) is 9.80 Å². The van der Waals surface area contributed by atoms with Crippen LogP contribution in [0.1, 0.15) is 4.88 Å². The third-order valence-electron chi connectivity index (χ3n) is 4.34. The summed E-state index contributed by atoms with van der Waals surface area (Å²) in [6, 6.07) is 3.94. The number of methoxy groups -OCH3 is 1. The summed E-state index contributed by atoms with van der Waals surface area (Å²) in [5, 5.41) is 1.98. The fourth-order valence-corrected chi connectivity index (χ4v) is 3.79. The molecule has 0 spiro atoms. The van der Waals surface area contributed by atoms with Crippen LogP contribution in [0.5, 0.6) is 0 Å². The molecule has 118 valence electrons. The van der Waals surface area contributed by atoms with Gasteiger partial charge in [-0.25, -0.2) is 0 Å². The van der Waals surface area contributed by atoms with Crippen molar-refractivity contribution in [2.45, 2.75) is 0 Å². The third-order valence-corrected chi connectivity index (χ3v) is 5.17. The van der Waals surface area contributed by atoms with Gasteiger partial charge in [0.2, 0.25) is 11.8 Å². The standard InChI is InChI=1S/C16H20N2O3S/c1-21-7-6-17-9-12-10-18(11-14(12)16(17)20)15(19)5-4-13-3-2-8-22-13/h2-5,8,12,14H,6-7,9-11H2,1H3/b5-4+/t12-,14+/m1/s1. The molecule has 22 heavy (non-hydrogen) atoms. The second kappa shape index (κ2) is 6.62. The Balaban J connectivity index is 1.56. The van der Waals surface area contributed by atoms with Crippen LogP contribution in [0.15, 0.2) is 23.6 Å². The highest BCUT2D eigenvalue weighted by molar-refractivity contribution is 7.10. The van der Waals surface area contributed by atoms with Gasteiger partial charge < -0.3 is 14.5 Å². The molecule has 2 atom stereocenters. The Morgan fingerprint density at radius 3 is 3.00 bits per heavy atom. The van der Waals surface area contributed by atoms with Gasteiger partial charge in [-0.1, -0.05) is 6.07 Å². The molecule has 5 nitrogen and oxygen atoms in total. The van der Waals surface area contributed by atoms with Crippen molar-refractivity contribution < 1.29 is 14.3 Å². The van der Waals surface area contributed by atoms with E-state index >= 15 is 0 Å². The van der Waals surface area contributed by atoms with Gasteiger partial charge in [-0.05, 0) is 17.5 Å². The first-order chi connectivity index (χ1) is 10.7. The fourth-order valence-electron chi connectivity index (χ4n) is 3.17. The van der Waals surface area contributed by atoms with Crippen molar-refractivity contribution in [3.63, 3.8) is 0 Å². The van der Waals surface area contributed by atoms with E-state index in [1.54, 1.807) is 29.4 Å². The zero-order valence-corrected chi connectivity index (χ0v) is 13.4. The summed E-state index contributed by atoms with van der Waals surface area (Å²) in [6.45, 7) is 3.17. The molecule has 2 aliphatic heterocycles. The Morgan fingerprint density at radius 2 is 2.32 bits per heavy atom. The molecule has 2 aliphatic rings. The van der Waals surface area contributed by atoms with Crippen LogP contribution in [0.3, 0.4) is 0 Å². The van der Waals surface area contributed by atoms with E-state index in [4.69, 9.17) is 4.74 Å². The maximum absolute atomic E-state index is 12.3. The average molecular weight is 320 g/mol. The lowest BCUT2D eigenvalue weighted by Crippen LogP contribution is -2.36. The van der Waals surface area contributed by atoms with Crippen LogP contribution in [0.4, 0.5) is 0 Å². The van der Waals surface area contributed by atoms with Crippen molar-refractivity contribution in [2.24, 2.45) is 11.8 Å². The molecule has 0 radical (unpaired) electrons. The second-order valence-electron chi connectivity index (χ2n) is 5.74. The smallest absolute Gasteiger partial charge is 0.246 e. The van der Waals surface area contributed by atoms with Crippen LogP contribution in [-0.2, 0) is 14.3 Å². The van der Waals surface area contributed by atoms with Gasteiger partial charge >= 0.3 is 0 Å². The number of hydrogen-bond acceptors (Lipinski definition) is 4. The van der Waals surface area contributed by atoms with Crippen molar-refractivity contribution in [3.8, 4) is 0 Å². The summed E-state index contributed by atoms with van der Waals surface area (Å²) in [5.74, 6) is 0.401. The first-order valence-electron chi connectivity index (χ1n) is 7.47. The molecule has 2 fully saturated rings. The molecule has 0 N–H and O–H groups in total. The van der Waals surface area contributed by atoms with Gasteiger partial charge in [-0.15, -0.1) is 11.3 Å². The molecule has 0 saturated carbocycles. The highest BCUT2D eigenvalue weighted by Gasteiger charge is 2.46. The molecule has 0 aliphatic carbocycles. The predicted molar refractivity (Wildman–Crippen MR) is 85.4 cm³/mol. The molecule has 1 aromatic heterocycles. The number of likely N-dealkylation sites (tertiary alicyclic amines) is 2. The van der Waals surface area contributed by atoms with Crippen molar-refractivity contribution >= 4 is 29.2 Å². The first-order valence-corrected chi connectivity index (χ1v) is 8.35. The van der Waals surface area contributed by atoms with Gasteiger partial charge in [-0.2, -0.15) is 0 Å². The molecular formula is C16H20N2O3S. The van der Waals surface area contributed by atoms with Crippen molar-refractivity contribution in [2.75, 3.05) is 39.9 Å². The van der Waals surface area contributed by atoms with E-state index in [0.29, 0.717) is 26.2 Å². The maximum Gasteiger partial charge on any atom is 0.246 e. The number of rotatable bonds is 5. The monoisotopic (exact) mass is 320 g/mol. The topological polar surface area (TPSA) is 49.9 Å². The van der Waals surface area contributed by atoms with E-state index in [0.717, 1.165) is 11.4 Å². The number of carbonyl (C=O) groups excluding carboxylic acids is 2. The molecule has 0 aromatic carbocycles. The summed E-state index contributed by atoms with van der Waals surface area (Å²) in [6.07, 6.45) is 3.45. The van der Waals surface area contributed by atoms with Crippen LogP contribution >= 0.6 is 11.3 Å². The van der Waals surface area contributed by atoms with E-state index < -0.39 is 0 Å². The largest absolute Gasteiger partial charge is 0.383 e. The van der Waals surface area contributed by atoms with E-state index in [1.807, 2.05) is 28.5 Å². The van der Waals surface area contributed by atoms with Gasteiger partial charge in [-0.3, -0.25) is 9.59 Å². The number of ether oxygens (including phenoxy) is 1. The van der Waals surface area contributed by atoms with Gasteiger partial charge in [0, 0.05) is 50.2 Å². The van der Waals surface area contributed by atoms with Crippen LogP contribution in [0, 0.1) is 11.8 Å². The Labute approximate surface area is 134 Å². The SMILES string of the molecule is COCCN1C[C@@H]2CN(C(=O)/C=C/c3cccs3)C[C@@H]2C1=O. The molecule has 1 aromatic rings. The van der Waals surface area contributed by atoms with Gasteiger partial charge in [0.15, 0.2) is 0 Å². The molecule has 3 heterocycles. The number of nitrogens with zero attached hydrogens (tertiary/aromatic N) is 2. The summed E-state index contributed by atoms with van der Waals surface area (Å²) < 4.78 is 5.03. The van der Waals surface area contributed by atoms with Crippen LogP contribution in [-0.4, -0.2) is 61.5 Å². The minimum absolute atomic E-state index is 0.000887. The number of carbonyl (C=O) groups is 2. The molecule has 0 unspecified atom stereocenters. The molecule has 2 saturated heterocycles. The first kappa shape index (κ1) is 15.2. The van der Waals surface area contributed by atoms with Gasteiger partial charge in [0.05, 0.1) is 12.5 Å². The Hall–Kier alpha value is -1.66. The lowest BCUT2D eigenvalue weighted by Gasteiger charge is -2.20. The quantitative estimate of drug-likeness (QED) is 0.769. The minimum Gasteiger partial charge on any atom is -0.383 e. The summed E-state index contributed by atoms with van der Waals surface area (Å²) in [5.41, 5.74) is 0. The van der Waals surface area contributed by atoms with Crippen molar-refractivity contribution in [3.05, 3.63) is 28.5 Å². The normalized spacial score (nSPS) is 24.5. The molecule has 0 bridgehead atoms. The highest BCUT2D eigenvalue weighted by atomic mass is 32.1. The van der Waals surface area contributed by atoms with Crippen LogP contribution < -0.4 is 0 Å². The zero-order valence-electron chi connectivity index (χ0n) is 12.6. The Morgan fingerprint density at radius 1 is 1.45 bits per heavy atom. The lowest BCUT2D eigenvalue weighted by molar-refractivity contribution is -0.132. The third kappa shape index (κ3) is 3.08. The van der Waals surface area contributed by atoms with E-state index in [1.165, 1.54) is 0 Å². The van der Waals surface area contributed by atoms with E-state index in [2.05, 4.69) is 0 Å². The maximum atomic E-state index is 12.3. The molecule has 3 rings (SSSR count). The lowest BCUT2D eigenvalue weighted by atomic mass is 10.0. The Bertz CT molecular complexity index is 570. The summed E-state index contributed by atoms with van der Waals surface area (Å²) in [4.78, 5) is 29.3. The highest BCUT2D eigenvalue weighted by Crippen LogP contribution is 2.32. The number of fused-ring (bicyclic) bond motifs is 1. The van der Waals surface area contributed by atoms with Crippen LogP contribution in [0.25, 0.3) is 6.08 Å². The zero-order chi connectivity index (χ0) is 15.5. The minimum atomic E-state index is -0.0315. The van der Waals surface area contributed by atoms with Gasteiger partial charge in [0.1, 0.15) is 0 Å². The Kier molecular flexibility index (Phi) is 4.59. The second-order valence-corrected chi connectivity index (χ2v) is 6.71.